The van der Waals surface area contributed by atoms with Gasteiger partial charge in [-0.05, 0) is 55.2 Å². The highest BCUT2D eigenvalue weighted by molar-refractivity contribution is 5.49. The number of benzene rings is 3. The van der Waals surface area contributed by atoms with E-state index in [2.05, 4.69) is 180 Å². The molecule has 0 aliphatic heterocycles. The fourth-order valence-corrected chi connectivity index (χ4v) is 4.09. The van der Waals surface area contributed by atoms with Crippen LogP contribution in [-0.4, -0.2) is 0 Å². The SMILES string of the molecule is C=C.C=C(C)CCC(=C)CC(C)(C)CC.CC.CC.CC.CC(c1ccccc1)(c1ccccc1)c1ccccc1.CCCC.CCCC. The Hall–Kier alpha value is -3.12. The van der Waals surface area contributed by atoms with Crippen molar-refractivity contribution in [2.24, 2.45) is 5.41 Å². The molecule has 0 aliphatic rings. The molecule has 0 amide bonds. The first-order valence-electron chi connectivity index (χ1n) is 19.5. The molecule has 3 aromatic rings. The average molecular weight is 673 g/mol. The van der Waals surface area contributed by atoms with E-state index in [9.17, 15) is 0 Å². The van der Waals surface area contributed by atoms with Gasteiger partial charge < -0.3 is 0 Å². The molecule has 0 heterocycles. The molecule has 0 atom stereocenters. The summed E-state index contributed by atoms with van der Waals surface area (Å²) in [6.07, 6.45) is 9.85. The topological polar surface area (TPSA) is 0 Å². The van der Waals surface area contributed by atoms with Crippen LogP contribution in [0.2, 0.25) is 0 Å². The lowest BCUT2D eigenvalue weighted by molar-refractivity contribution is 0.345. The van der Waals surface area contributed by atoms with E-state index in [-0.39, 0.29) is 5.41 Å². The smallest absolute Gasteiger partial charge is 0.0423 e. The fourth-order valence-electron chi connectivity index (χ4n) is 4.09. The van der Waals surface area contributed by atoms with Crippen molar-refractivity contribution < 1.29 is 0 Å². The molecular formula is C49H84. The Morgan fingerprint density at radius 1 is 0.490 bits per heavy atom. The van der Waals surface area contributed by atoms with Crippen molar-refractivity contribution in [1.82, 2.24) is 0 Å². The summed E-state index contributed by atoms with van der Waals surface area (Å²) in [6.45, 7) is 46.0. The Morgan fingerprint density at radius 3 is 0.959 bits per heavy atom. The molecule has 0 spiro atoms. The lowest BCUT2D eigenvalue weighted by atomic mass is 9.71. The minimum absolute atomic E-state index is 0.121. The molecule has 0 aromatic heterocycles. The Bertz CT molecular complexity index is 952. The molecule has 0 aliphatic carbocycles. The summed E-state index contributed by atoms with van der Waals surface area (Å²) in [5.41, 5.74) is 6.88. The molecule has 49 heavy (non-hydrogen) atoms. The predicted octanol–water partition coefficient (Wildman–Crippen LogP) is 17.3. The van der Waals surface area contributed by atoms with Crippen molar-refractivity contribution in [1.29, 1.82) is 0 Å². The Balaban J connectivity index is -0.000000192. The first kappa shape index (κ1) is 55.3. The maximum atomic E-state index is 4.12. The molecule has 0 fully saturated rings. The minimum Gasteiger partial charge on any atom is -0.106 e. The van der Waals surface area contributed by atoms with E-state index < -0.39 is 0 Å². The Labute approximate surface area is 310 Å². The summed E-state index contributed by atoms with van der Waals surface area (Å²) < 4.78 is 0. The maximum absolute atomic E-state index is 4.12. The van der Waals surface area contributed by atoms with E-state index in [4.69, 9.17) is 0 Å². The molecule has 0 nitrogen and oxygen atoms in total. The van der Waals surface area contributed by atoms with Gasteiger partial charge >= 0.3 is 0 Å². The number of rotatable bonds is 11. The van der Waals surface area contributed by atoms with E-state index >= 15 is 0 Å². The van der Waals surface area contributed by atoms with Crippen LogP contribution in [0, 0.1) is 5.41 Å². The van der Waals surface area contributed by atoms with Gasteiger partial charge in [-0.15, -0.1) is 19.7 Å². The molecule has 0 N–H and O–H groups in total. The Kier molecular flexibility index (Phi) is 44.4. The average Bonchev–Trinajstić information content (AvgIpc) is 3.18. The van der Waals surface area contributed by atoms with Crippen molar-refractivity contribution in [3.05, 3.63) is 145 Å². The first-order valence-corrected chi connectivity index (χ1v) is 19.5. The third-order valence-corrected chi connectivity index (χ3v) is 7.64. The summed E-state index contributed by atoms with van der Waals surface area (Å²) >= 11 is 0. The second-order valence-electron chi connectivity index (χ2n) is 12.1. The van der Waals surface area contributed by atoms with Gasteiger partial charge in [0.05, 0.1) is 0 Å². The zero-order valence-corrected chi connectivity index (χ0v) is 35.6. The molecular weight excluding hydrogens is 589 g/mol. The molecule has 0 bridgehead atoms. The van der Waals surface area contributed by atoms with E-state index in [1.165, 1.54) is 59.9 Å². The van der Waals surface area contributed by atoms with Crippen LogP contribution in [-0.2, 0) is 5.41 Å². The largest absolute Gasteiger partial charge is 0.106 e. The quantitative estimate of drug-likeness (QED) is 0.140. The highest BCUT2D eigenvalue weighted by Gasteiger charge is 2.30. The first-order chi connectivity index (χ1) is 23.5. The summed E-state index contributed by atoms with van der Waals surface area (Å²) in [5.74, 6) is 0. The van der Waals surface area contributed by atoms with Crippen molar-refractivity contribution in [2.45, 2.75) is 161 Å². The predicted molar refractivity (Wildman–Crippen MR) is 233 cm³/mol. The standard InChI is InChI=1S/C20H18.C13H24.2C4H10.3C2H6.C2H4/c1-20(17-11-5-2-6-12-17,18-13-7-3-8-14-18)19-15-9-4-10-16-19;1-7-13(5,6)10-12(4)9-8-11(2)3;2*1-3-4-2;4*1-2/h2-16H,1H3;2,4,7-10H2,1,3,5-6H3;2*3-4H2,1-2H3;3*1-2H3;1-2H2. The number of allylic oxidation sites excluding steroid dienone is 2. The molecule has 0 radical (unpaired) electrons. The second-order valence-corrected chi connectivity index (χ2v) is 12.1. The van der Waals surface area contributed by atoms with Crippen LogP contribution in [0.1, 0.15) is 172 Å². The molecule has 0 saturated heterocycles. The van der Waals surface area contributed by atoms with Gasteiger partial charge in [0.25, 0.3) is 0 Å². The van der Waals surface area contributed by atoms with Gasteiger partial charge in [0.1, 0.15) is 0 Å². The molecule has 0 heteroatoms. The van der Waals surface area contributed by atoms with Crippen LogP contribution in [0.15, 0.2) is 128 Å². The lowest BCUT2D eigenvalue weighted by Crippen LogP contribution is -2.25. The summed E-state index contributed by atoms with van der Waals surface area (Å²) in [7, 11) is 0. The number of hydrogen-bond acceptors (Lipinski definition) is 0. The molecule has 3 aromatic carbocycles. The molecule has 0 saturated carbocycles. The van der Waals surface area contributed by atoms with Gasteiger partial charge in [-0.2, -0.15) is 0 Å². The van der Waals surface area contributed by atoms with Crippen LogP contribution in [0.3, 0.4) is 0 Å². The zero-order chi connectivity index (χ0) is 39.2. The van der Waals surface area contributed by atoms with Gasteiger partial charge in [0.2, 0.25) is 0 Å². The van der Waals surface area contributed by atoms with Crippen molar-refractivity contribution >= 4 is 0 Å². The highest BCUT2D eigenvalue weighted by atomic mass is 14.3. The van der Waals surface area contributed by atoms with Crippen LogP contribution in [0.4, 0.5) is 0 Å². The molecule has 3 rings (SSSR count). The third-order valence-electron chi connectivity index (χ3n) is 7.64. The van der Waals surface area contributed by atoms with Gasteiger partial charge in [0, 0.05) is 5.41 Å². The van der Waals surface area contributed by atoms with Crippen molar-refractivity contribution in [3.8, 4) is 0 Å². The van der Waals surface area contributed by atoms with Gasteiger partial charge in [-0.25, -0.2) is 0 Å². The fraction of sp³-hybridized carbons (Fsp3) is 0.510. The zero-order valence-electron chi connectivity index (χ0n) is 35.6. The highest BCUT2D eigenvalue weighted by Crippen LogP contribution is 2.38. The number of unbranched alkanes of at least 4 members (excludes halogenated alkanes) is 2. The van der Waals surface area contributed by atoms with Crippen LogP contribution < -0.4 is 0 Å². The third kappa shape index (κ3) is 28.4. The summed E-state index contributed by atoms with van der Waals surface area (Å²) in [5, 5.41) is 0. The van der Waals surface area contributed by atoms with Crippen LogP contribution in [0.25, 0.3) is 0 Å². The van der Waals surface area contributed by atoms with E-state index in [0.717, 1.165) is 19.3 Å². The normalized spacial score (nSPS) is 9.29. The van der Waals surface area contributed by atoms with Crippen LogP contribution >= 0.6 is 0 Å². The summed E-state index contributed by atoms with van der Waals surface area (Å²) in [6, 6.07) is 32.1. The molecule has 0 unspecified atom stereocenters. The van der Waals surface area contributed by atoms with Crippen molar-refractivity contribution in [2.75, 3.05) is 0 Å². The van der Waals surface area contributed by atoms with Gasteiger partial charge in [0.15, 0.2) is 0 Å². The second kappa shape index (κ2) is 39.3. The monoisotopic (exact) mass is 673 g/mol. The number of hydrogen-bond donors (Lipinski definition) is 0. The van der Waals surface area contributed by atoms with Gasteiger partial charge in [-0.3, -0.25) is 0 Å². The lowest BCUT2D eigenvalue weighted by Gasteiger charge is -2.31. The van der Waals surface area contributed by atoms with E-state index in [0.29, 0.717) is 5.41 Å². The minimum atomic E-state index is -0.121. The Morgan fingerprint density at radius 2 is 0.755 bits per heavy atom. The van der Waals surface area contributed by atoms with Gasteiger partial charge in [-0.1, -0.05) is 231 Å². The summed E-state index contributed by atoms with van der Waals surface area (Å²) in [4.78, 5) is 0. The van der Waals surface area contributed by atoms with Crippen molar-refractivity contribution in [3.63, 3.8) is 0 Å². The van der Waals surface area contributed by atoms with E-state index in [1.807, 2.05) is 41.5 Å². The van der Waals surface area contributed by atoms with Crippen LogP contribution in [0.5, 0.6) is 0 Å². The maximum Gasteiger partial charge on any atom is 0.0423 e. The molecule has 280 valence electrons. The van der Waals surface area contributed by atoms with E-state index in [1.54, 1.807) is 0 Å².